The maximum atomic E-state index is 11.5. The number of amides is 2. The number of carbonyl (C=O) groups is 2. The lowest BCUT2D eigenvalue weighted by molar-refractivity contribution is -0.125. The van der Waals surface area contributed by atoms with E-state index in [-0.39, 0.29) is 24.3 Å². The smallest absolute Gasteiger partial charge is 0.244 e. The van der Waals surface area contributed by atoms with Gasteiger partial charge in [0, 0.05) is 6.04 Å². The summed E-state index contributed by atoms with van der Waals surface area (Å²) >= 11 is 0. The molecular formula is C14H18N2O2. The van der Waals surface area contributed by atoms with Crippen LogP contribution in [0, 0.1) is 13.8 Å². The second kappa shape index (κ2) is 4.90. The third kappa shape index (κ3) is 2.59. The molecule has 0 aromatic heterocycles. The number of imide groups is 1. The first kappa shape index (κ1) is 12.8. The lowest BCUT2D eigenvalue weighted by Crippen LogP contribution is -2.37. The molecule has 0 spiro atoms. The molecule has 2 amide bonds. The largest absolute Gasteiger partial charge is 0.299 e. The van der Waals surface area contributed by atoms with E-state index in [1.807, 2.05) is 6.92 Å². The van der Waals surface area contributed by atoms with Crippen molar-refractivity contribution in [2.75, 3.05) is 0 Å². The highest BCUT2D eigenvalue weighted by atomic mass is 16.2. The van der Waals surface area contributed by atoms with Gasteiger partial charge in [0.05, 0.1) is 12.5 Å². The molecule has 2 unspecified atom stereocenters. The van der Waals surface area contributed by atoms with Gasteiger partial charge < -0.3 is 0 Å². The van der Waals surface area contributed by atoms with Crippen LogP contribution in [0.5, 0.6) is 0 Å². The highest BCUT2D eigenvalue weighted by Crippen LogP contribution is 2.20. The number of benzene rings is 1. The fraction of sp³-hybridized carbons (Fsp3) is 0.429. The molecule has 0 radical (unpaired) electrons. The summed E-state index contributed by atoms with van der Waals surface area (Å²) in [6.07, 6.45) is 0.230. The molecule has 2 N–H and O–H groups in total. The van der Waals surface area contributed by atoms with Crippen LogP contribution in [-0.2, 0) is 9.59 Å². The molecule has 18 heavy (non-hydrogen) atoms. The number of carbonyl (C=O) groups excluding carboxylic acids is 2. The van der Waals surface area contributed by atoms with Crippen molar-refractivity contribution in [3.05, 3.63) is 34.9 Å². The van der Waals surface area contributed by atoms with Crippen LogP contribution < -0.4 is 10.6 Å². The van der Waals surface area contributed by atoms with Crippen LogP contribution in [-0.4, -0.2) is 17.9 Å². The Kier molecular flexibility index (Phi) is 3.48. The highest BCUT2D eigenvalue weighted by Gasteiger charge is 2.31. The van der Waals surface area contributed by atoms with Gasteiger partial charge in [-0.25, -0.2) is 0 Å². The van der Waals surface area contributed by atoms with Gasteiger partial charge in [-0.05, 0) is 31.9 Å². The molecule has 0 saturated carbocycles. The van der Waals surface area contributed by atoms with Crippen molar-refractivity contribution < 1.29 is 9.59 Å². The van der Waals surface area contributed by atoms with Gasteiger partial charge in [0.15, 0.2) is 0 Å². The first-order chi connectivity index (χ1) is 8.47. The monoisotopic (exact) mass is 246 g/mol. The summed E-state index contributed by atoms with van der Waals surface area (Å²) in [5, 5.41) is 5.51. The number of rotatable bonds is 3. The zero-order chi connectivity index (χ0) is 13.3. The second-order valence-electron chi connectivity index (χ2n) is 4.92. The van der Waals surface area contributed by atoms with E-state index in [4.69, 9.17) is 0 Å². The highest BCUT2D eigenvalue weighted by molar-refractivity contribution is 6.05. The summed E-state index contributed by atoms with van der Waals surface area (Å²) in [6, 6.07) is 5.88. The summed E-state index contributed by atoms with van der Waals surface area (Å²) < 4.78 is 0. The van der Waals surface area contributed by atoms with Gasteiger partial charge in [0.2, 0.25) is 11.8 Å². The van der Waals surface area contributed by atoms with Crippen molar-refractivity contribution in [2.24, 2.45) is 0 Å². The average molecular weight is 246 g/mol. The molecule has 1 saturated heterocycles. The van der Waals surface area contributed by atoms with Crippen molar-refractivity contribution in [3.63, 3.8) is 0 Å². The summed E-state index contributed by atoms with van der Waals surface area (Å²) in [4.78, 5) is 22.6. The van der Waals surface area contributed by atoms with E-state index >= 15 is 0 Å². The Bertz CT molecular complexity index is 497. The van der Waals surface area contributed by atoms with Crippen molar-refractivity contribution in [1.29, 1.82) is 0 Å². The minimum atomic E-state index is -0.409. The lowest BCUT2D eigenvalue weighted by Gasteiger charge is -2.19. The third-order valence-electron chi connectivity index (χ3n) is 3.31. The van der Waals surface area contributed by atoms with Gasteiger partial charge in [-0.15, -0.1) is 0 Å². The molecule has 1 heterocycles. The van der Waals surface area contributed by atoms with E-state index in [0.717, 1.165) is 5.56 Å². The predicted molar refractivity (Wildman–Crippen MR) is 69.0 cm³/mol. The molecule has 96 valence electrons. The van der Waals surface area contributed by atoms with E-state index in [1.165, 1.54) is 11.1 Å². The van der Waals surface area contributed by atoms with Crippen LogP contribution in [0.4, 0.5) is 0 Å². The molecule has 0 aliphatic carbocycles. The number of hydrogen-bond donors (Lipinski definition) is 2. The fourth-order valence-corrected chi connectivity index (χ4v) is 2.39. The zero-order valence-corrected chi connectivity index (χ0v) is 10.9. The van der Waals surface area contributed by atoms with Crippen LogP contribution in [0.15, 0.2) is 18.2 Å². The molecule has 4 nitrogen and oxygen atoms in total. The number of aryl methyl sites for hydroxylation is 2. The predicted octanol–water partition coefficient (Wildman–Crippen LogP) is 1.37. The first-order valence-corrected chi connectivity index (χ1v) is 6.14. The van der Waals surface area contributed by atoms with Gasteiger partial charge in [-0.1, -0.05) is 23.8 Å². The maximum absolute atomic E-state index is 11.5. The van der Waals surface area contributed by atoms with E-state index < -0.39 is 6.04 Å². The summed E-state index contributed by atoms with van der Waals surface area (Å²) in [5.74, 6) is -0.429. The Hall–Kier alpha value is -1.68. The molecule has 2 atom stereocenters. The van der Waals surface area contributed by atoms with Crippen LogP contribution in [0.3, 0.4) is 0 Å². The topological polar surface area (TPSA) is 58.2 Å². The van der Waals surface area contributed by atoms with Crippen molar-refractivity contribution in [2.45, 2.75) is 39.3 Å². The fourth-order valence-electron chi connectivity index (χ4n) is 2.39. The Balaban J connectivity index is 2.10. The molecule has 2 rings (SSSR count). The zero-order valence-electron chi connectivity index (χ0n) is 10.9. The summed E-state index contributed by atoms with van der Waals surface area (Å²) in [5.41, 5.74) is 3.57. The van der Waals surface area contributed by atoms with Crippen LogP contribution in [0.1, 0.15) is 36.1 Å². The molecule has 1 aromatic rings. The molecule has 4 heteroatoms. The Morgan fingerprint density at radius 3 is 2.61 bits per heavy atom. The molecule has 1 aliphatic heterocycles. The molecular weight excluding hydrogens is 228 g/mol. The molecule has 0 bridgehead atoms. The van der Waals surface area contributed by atoms with Gasteiger partial charge in [-0.3, -0.25) is 20.2 Å². The quantitative estimate of drug-likeness (QED) is 0.792. The third-order valence-corrected chi connectivity index (χ3v) is 3.31. The number of nitrogens with one attached hydrogen (secondary N) is 2. The minimum absolute atomic E-state index is 0.0484. The van der Waals surface area contributed by atoms with Gasteiger partial charge in [0.1, 0.15) is 0 Å². The molecule has 1 aliphatic rings. The van der Waals surface area contributed by atoms with Crippen molar-refractivity contribution in [3.8, 4) is 0 Å². The summed E-state index contributed by atoms with van der Waals surface area (Å²) in [6.45, 7) is 6.12. The average Bonchev–Trinajstić information content (AvgIpc) is 2.57. The van der Waals surface area contributed by atoms with Crippen LogP contribution in [0.2, 0.25) is 0 Å². The van der Waals surface area contributed by atoms with E-state index in [9.17, 15) is 9.59 Å². The van der Waals surface area contributed by atoms with Gasteiger partial charge in [0.25, 0.3) is 0 Å². The summed E-state index contributed by atoms with van der Waals surface area (Å²) in [7, 11) is 0. The van der Waals surface area contributed by atoms with E-state index in [0.29, 0.717) is 0 Å². The SMILES string of the molecule is Cc1ccc(C(C)NC2CC(=O)NC2=O)c(C)c1. The van der Waals surface area contributed by atoms with Crippen LogP contribution >= 0.6 is 0 Å². The van der Waals surface area contributed by atoms with Gasteiger partial charge >= 0.3 is 0 Å². The van der Waals surface area contributed by atoms with E-state index in [2.05, 4.69) is 42.7 Å². The Labute approximate surface area is 107 Å². The van der Waals surface area contributed by atoms with Crippen molar-refractivity contribution >= 4 is 11.8 Å². The Morgan fingerprint density at radius 2 is 2.06 bits per heavy atom. The lowest BCUT2D eigenvalue weighted by atomic mass is 9.99. The second-order valence-corrected chi connectivity index (χ2v) is 4.92. The van der Waals surface area contributed by atoms with E-state index in [1.54, 1.807) is 0 Å². The molecule has 1 aromatic carbocycles. The molecule has 1 fully saturated rings. The van der Waals surface area contributed by atoms with Gasteiger partial charge in [-0.2, -0.15) is 0 Å². The Morgan fingerprint density at radius 1 is 1.33 bits per heavy atom. The number of hydrogen-bond acceptors (Lipinski definition) is 3. The standard InChI is InChI=1S/C14H18N2O2/c1-8-4-5-11(9(2)6-8)10(3)15-12-7-13(17)16-14(12)18/h4-6,10,12,15H,7H2,1-3H3,(H,16,17,18). The van der Waals surface area contributed by atoms with Crippen LogP contribution in [0.25, 0.3) is 0 Å². The normalized spacial score (nSPS) is 20.9. The maximum Gasteiger partial charge on any atom is 0.244 e. The van der Waals surface area contributed by atoms with Crippen molar-refractivity contribution in [1.82, 2.24) is 10.6 Å². The minimum Gasteiger partial charge on any atom is -0.299 e. The first-order valence-electron chi connectivity index (χ1n) is 6.14.